The van der Waals surface area contributed by atoms with E-state index < -0.39 is 0 Å². The van der Waals surface area contributed by atoms with Crippen molar-refractivity contribution < 1.29 is 0 Å². The zero-order chi connectivity index (χ0) is 15.6. The Labute approximate surface area is 137 Å². The number of nitrogens with one attached hydrogen (secondary N) is 1. The Morgan fingerprint density at radius 3 is 3.09 bits per heavy atom. The van der Waals surface area contributed by atoms with Gasteiger partial charge in [-0.25, -0.2) is 0 Å². The lowest BCUT2D eigenvalue weighted by atomic mass is 9.98. The molecule has 120 valence electrons. The average Bonchev–Trinajstić information content (AvgIpc) is 3.27. The zero-order valence-electron chi connectivity index (χ0n) is 13.7. The molecule has 0 aliphatic carbocycles. The van der Waals surface area contributed by atoms with Crippen LogP contribution in [0.4, 0.5) is 0 Å². The summed E-state index contributed by atoms with van der Waals surface area (Å²) >= 11 is 0. The number of benzene rings is 1. The molecule has 1 fully saturated rings. The van der Waals surface area contributed by atoms with Crippen molar-refractivity contribution in [3.63, 3.8) is 0 Å². The lowest BCUT2D eigenvalue weighted by molar-refractivity contribution is 0.330. The van der Waals surface area contributed by atoms with Gasteiger partial charge >= 0.3 is 0 Å². The van der Waals surface area contributed by atoms with Gasteiger partial charge in [0, 0.05) is 36.9 Å². The van der Waals surface area contributed by atoms with Gasteiger partial charge in [0.2, 0.25) is 0 Å². The third-order valence-electron chi connectivity index (χ3n) is 5.03. The summed E-state index contributed by atoms with van der Waals surface area (Å²) in [4.78, 5) is 6.03. The largest absolute Gasteiger partial charge is 0.361 e. The van der Waals surface area contributed by atoms with Crippen LogP contribution in [-0.4, -0.2) is 39.3 Å². The van der Waals surface area contributed by atoms with Crippen molar-refractivity contribution in [3.05, 3.63) is 54.0 Å². The van der Waals surface area contributed by atoms with Crippen molar-refractivity contribution in [3.8, 4) is 0 Å². The molecular formula is C19H24N4. The second-order valence-electron chi connectivity index (χ2n) is 6.70. The van der Waals surface area contributed by atoms with Crippen LogP contribution in [0.3, 0.4) is 0 Å². The first-order valence-corrected chi connectivity index (χ1v) is 8.55. The smallest absolute Gasteiger partial charge is 0.0521 e. The molecule has 4 nitrogen and oxygen atoms in total. The summed E-state index contributed by atoms with van der Waals surface area (Å²) in [6.45, 7) is 3.60. The topological polar surface area (TPSA) is 36.9 Å². The van der Waals surface area contributed by atoms with Crippen LogP contribution in [-0.2, 0) is 13.5 Å². The second-order valence-corrected chi connectivity index (χ2v) is 6.70. The number of para-hydroxylation sites is 1. The van der Waals surface area contributed by atoms with Gasteiger partial charge in [-0.15, -0.1) is 0 Å². The third-order valence-corrected chi connectivity index (χ3v) is 5.03. The van der Waals surface area contributed by atoms with Gasteiger partial charge in [0.15, 0.2) is 0 Å². The summed E-state index contributed by atoms with van der Waals surface area (Å²) in [7, 11) is 1.98. The van der Waals surface area contributed by atoms with Gasteiger partial charge in [0.05, 0.1) is 6.20 Å². The molecule has 3 aromatic rings. The van der Waals surface area contributed by atoms with Gasteiger partial charge in [-0.1, -0.05) is 18.2 Å². The maximum Gasteiger partial charge on any atom is 0.0521 e. The Morgan fingerprint density at radius 2 is 2.22 bits per heavy atom. The first kappa shape index (κ1) is 14.5. The SMILES string of the molecule is Cn1cc(CCCN2CCC(c3c[nH]c4ccccc34)C2)cn1. The minimum absolute atomic E-state index is 0.671. The lowest BCUT2D eigenvalue weighted by Gasteiger charge is -2.15. The Kier molecular flexibility index (Phi) is 3.92. The van der Waals surface area contributed by atoms with Crippen LogP contribution in [0.1, 0.15) is 29.9 Å². The van der Waals surface area contributed by atoms with E-state index in [1.165, 1.54) is 54.5 Å². The Hall–Kier alpha value is -2.07. The van der Waals surface area contributed by atoms with E-state index in [0.29, 0.717) is 5.92 Å². The summed E-state index contributed by atoms with van der Waals surface area (Å²) < 4.78 is 1.89. The molecule has 1 unspecified atom stereocenters. The molecule has 1 aliphatic rings. The van der Waals surface area contributed by atoms with Gasteiger partial charge < -0.3 is 9.88 Å². The minimum atomic E-state index is 0.671. The zero-order valence-corrected chi connectivity index (χ0v) is 13.7. The summed E-state index contributed by atoms with van der Waals surface area (Å²) in [5.41, 5.74) is 4.10. The fourth-order valence-corrected chi connectivity index (χ4v) is 3.83. The predicted octanol–water partition coefficient (Wildman–Crippen LogP) is 3.32. The molecule has 2 aromatic heterocycles. The van der Waals surface area contributed by atoms with Gasteiger partial charge in [-0.3, -0.25) is 4.68 Å². The molecule has 0 spiro atoms. The number of aromatic amines is 1. The van der Waals surface area contributed by atoms with Crippen molar-refractivity contribution in [1.82, 2.24) is 19.7 Å². The summed E-state index contributed by atoms with van der Waals surface area (Å²) in [6.07, 6.45) is 9.94. The highest BCUT2D eigenvalue weighted by Gasteiger charge is 2.25. The highest BCUT2D eigenvalue weighted by Crippen LogP contribution is 2.32. The average molecular weight is 308 g/mol. The molecule has 23 heavy (non-hydrogen) atoms. The number of aryl methyl sites for hydroxylation is 2. The number of H-pyrrole nitrogens is 1. The highest BCUT2D eigenvalue weighted by atomic mass is 15.2. The van der Waals surface area contributed by atoms with Gasteiger partial charge in [-0.2, -0.15) is 5.10 Å². The molecule has 4 heteroatoms. The molecule has 0 amide bonds. The summed E-state index contributed by atoms with van der Waals surface area (Å²) in [5, 5.41) is 5.64. The van der Waals surface area contributed by atoms with E-state index in [0.717, 1.165) is 6.42 Å². The molecule has 1 N–H and O–H groups in total. The monoisotopic (exact) mass is 308 g/mol. The Morgan fingerprint density at radius 1 is 1.30 bits per heavy atom. The minimum Gasteiger partial charge on any atom is -0.361 e. The van der Waals surface area contributed by atoms with Crippen LogP contribution >= 0.6 is 0 Å². The van der Waals surface area contributed by atoms with Crippen molar-refractivity contribution in [2.24, 2.45) is 7.05 Å². The molecule has 1 aromatic carbocycles. The van der Waals surface area contributed by atoms with Crippen LogP contribution in [0.2, 0.25) is 0 Å². The number of likely N-dealkylation sites (tertiary alicyclic amines) is 1. The highest BCUT2D eigenvalue weighted by molar-refractivity contribution is 5.83. The van der Waals surface area contributed by atoms with Crippen LogP contribution in [0.15, 0.2) is 42.9 Å². The standard InChI is InChI=1S/C19H24N4/c1-22-13-15(11-21-22)5-4-9-23-10-8-16(14-23)18-12-20-19-7-3-2-6-17(18)19/h2-3,6-7,11-13,16,20H,4-5,8-10,14H2,1H3. The molecule has 0 saturated carbocycles. The quantitative estimate of drug-likeness (QED) is 0.785. The molecule has 4 rings (SSSR count). The maximum absolute atomic E-state index is 4.24. The van der Waals surface area contributed by atoms with Crippen molar-refractivity contribution in [2.75, 3.05) is 19.6 Å². The van der Waals surface area contributed by atoms with Crippen molar-refractivity contribution in [1.29, 1.82) is 0 Å². The predicted molar refractivity (Wildman–Crippen MR) is 93.6 cm³/mol. The van der Waals surface area contributed by atoms with Crippen LogP contribution in [0.5, 0.6) is 0 Å². The van der Waals surface area contributed by atoms with Crippen LogP contribution in [0, 0.1) is 0 Å². The second kappa shape index (κ2) is 6.20. The van der Waals surface area contributed by atoms with E-state index in [-0.39, 0.29) is 0 Å². The molecular weight excluding hydrogens is 284 g/mol. The van der Waals surface area contributed by atoms with Crippen LogP contribution < -0.4 is 0 Å². The lowest BCUT2D eigenvalue weighted by Crippen LogP contribution is -2.22. The van der Waals surface area contributed by atoms with Gasteiger partial charge in [-0.05, 0) is 55.5 Å². The molecule has 3 heterocycles. The number of aromatic nitrogens is 3. The summed E-state index contributed by atoms with van der Waals surface area (Å²) in [6, 6.07) is 8.65. The fraction of sp³-hybridized carbons (Fsp3) is 0.421. The van der Waals surface area contributed by atoms with E-state index in [1.54, 1.807) is 0 Å². The molecule has 1 aliphatic heterocycles. The van der Waals surface area contributed by atoms with Gasteiger partial charge in [0.25, 0.3) is 0 Å². The number of rotatable bonds is 5. The van der Waals surface area contributed by atoms with Crippen molar-refractivity contribution >= 4 is 10.9 Å². The third kappa shape index (κ3) is 3.04. The number of fused-ring (bicyclic) bond motifs is 1. The van der Waals surface area contributed by atoms with E-state index in [2.05, 4.69) is 51.6 Å². The molecule has 0 radical (unpaired) electrons. The van der Waals surface area contributed by atoms with E-state index in [4.69, 9.17) is 0 Å². The van der Waals surface area contributed by atoms with Crippen molar-refractivity contribution in [2.45, 2.75) is 25.2 Å². The number of hydrogen-bond acceptors (Lipinski definition) is 2. The van der Waals surface area contributed by atoms with E-state index in [1.807, 2.05) is 17.9 Å². The first-order valence-electron chi connectivity index (χ1n) is 8.55. The molecule has 0 bridgehead atoms. The molecule has 1 atom stereocenters. The van der Waals surface area contributed by atoms with E-state index >= 15 is 0 Å². The Balaban J connectivity index is 1.34. The maximum atomic E-state index is 4.24. The number of hydrogen-bond donors (Lipinski definition) is 1. The Bertz CT molecular complexity index is 785. The number of nitrogens with zero attached hydrogens (tertiary/aromatic N) is 3. The first-order chi connectivity index (χ1) is 11.3. The summed E-state index contributed by atoms with van der Waals surface area (Å²) in [5.74, 6) is 0.671. The normalized spacial score (nSPS) is 18.9. The van der Waals surface area contributed by atoms with E-state index in [9.17, 15) is 0 Å². The van der Waals surface area contributed by atoms with Gasteiger partial charge in [0.1, 0.15) is 0 Å². The fourth-order valence-electron chi connectivity index (χ4n) is 3.83. The van der Waals surface area contributed by atoms with Crippen LogP contribution in [0.25, 0.3) is 10.9 Å². The molecule has 1 saturated heterocycles.